The third-order valence-corrected chi connectivity index (χ3v) is 4.38. The van der Waals surface area contributed by atoms with E-state index in [2.05, 4.69) is 34.6 Å². The summed E-state index contributed by atoms with van der Waals surface area (Å²) in [5.74, 6) is 1.76. The molecule has 0 saturated carbocycles. The molecule has 1 amide bonds. The van der Waals surface area contributed by atoms with Gasteiger partial charge in [-0.3, -0.25) is 4.79 Å². The minimum atomic E-state index is -0.00773. The number of nitrogens with two attached hydrogens (primary N) is 1. The van der Waals surface area contributed by atoms with Gasteiger partial charge in [0, 0.05) is 25.6 Å². The fourth-order valence-electron chi connectivity index (χ4n) is 3.25. The molecule has 0 bridgehead atoms. The van der Waals surface area contributed by atoms with Gasteiger partial charge in [-0.15, -0.1) is 0 Å². The molecule has 118 valence electrons. The van der Waals surface area contributed by atoms with Crippen LogP contribution < -0.4 is 5.73 Å². The highest BCUT2D eigenvalue weighted by Crippen LogP contribution is 2.25. The van der Waals surface area contributed by atoms with Crippen molar-refractivity contribution in [2.24, 2.45) is 23.0 Å². The van der Waals surface area contributed by atoms with Crippen molar-refractivity contribution in [1.29, 1.82) is 0 Å². The summed E-state index contributed by atoms with van der Waals surface area (Å²) >= 11 is 0. The molecule has 2 atom stereocenters. The molecule has 0 aromatic heterocycles. The van der Waals surface area contributed by atoms with E-state index in [-0.39, 0.29) is 17.4 Å². The molecule has 1 fully saturated rings. The Bertz CT molecular complexity index is 307. The van der Waals surface area contributed by atoms with Gasteiger partial charge in [0.25, 0.3) is 0 Å². The second kappa shape index (κ2) is 7.44. The van der Waals surface area contributed by atoms with Crippen LogP contribution in [0.2, 0.25) is 0 Å². The van der Waals surface area contributed by atoms with Crippen LogP contribution in [0.25, 0.3) is 0 Å². The topological polar surface area (TPSA) is 46.3 Å². The van der Waals surface area contributed by atoms with Crippen LogP contribution in [-0.2, 0) is 4.79 Å². The predicted octanol–water partition coefficient (Wildman–Crippen LogP) is 3.42. The minimum absolute atomic E-state index is 0.00773. The van der Waals surface area contributed by atoms with Gasteiger partial charge in [-0.25, -0.2) is 0 Å². The lowest BCUT2D eigenvalue weighted by Gasteiger charge is -2.26. The molecule has 0 spiro atoms. The number of amides is 1. The Labute approximate surface area is 125 Å². The Morgan fingerprint density at radius 3 is 2.45 bits per heavy atom. The van der Waals surface area contributed by atoms with Crippen LogP contribution in [0.5, 0.6) is 0 Å². The quantitative estimate of drug-likeness (QED) is 0.858. The molecule has 3 heteroatoms. The van der Waals surface area contributed by atoms with Gasteiger partial charge in [0.05, 0.1) is 0 Å². The number of carbonyl (C=O) groups is 1. The molecule has 1 aliphatic heterocycles. The summed E-state index contributed by atoms with van der Waals surface area (Å²) in [6.45, 7) is 13.0. The molecule has 1 saturated heterocycles. The first-order chi connectivity index (χ1) is 9.19. The normalized spacial score (nSPS) is 22.8. The first kappa shape index (κ1) is 17.5. The zero-order valence-corrected chi connectivity index (χ0v) is 14.1. The van der Waals surface area contributed by atoms with E-state index < -0.39 is 0 Å². The molecule has 1 rings (SSSR count). The molecule has 0 aliphatic carbocycles. The lowest BCUT2D eigenvalue weighted by Crippen LogP contribution is -2.38. The van der Waals surface area contributed by atoms with Crippen LogP contribution in [0.3, 0.4) is 0 Å². The van der Waals surface area contributed by atoms with Crippen molar-refractivity contribution in [3.05, 3.63) is 0 Å². The van der Waals surface area contributed by atoms with Crippen LogP contribution in [0.4, 0.5) is 0 Å². The van der Waals surface area contributed by atoms with E-state index in [1.54, 1.807) is 0 Å². The van der Waals surface area contributed by atoms with E-state index in [0.717, 1.165) is 44.2 Å². The monoisotopic (exact) mass is 282 g/mol. The van der Waals surface area contributed by atoms with Crippen LogP contribution in [0.15, 0.2) is 0 Å². The maximum absolute atomic E-state index is 12.4. The van der Waals surface area contributed by atoms with E-state index in [9.17, 15) is 4.79 Å². The Balaban J connectivity index is 2.43. The van der Waals surface area contributed by atoms with E-state index in [4.69, 9.17) is 5.73 Å². The van der Waals surface area contributed by atoms with Crippen molar-refractivity contribution in [1.82, 2.24) is 4.90 Å². The summed E-state index contributed by atoms with van der Waals surface area (Å²) in [6, 6.07) is -0.00773. The number of hydrogen-bond acceptors (Lipinski definition) is 2. The minimum Gasteiger partial charge on any atom is -0.343 e. The summed E-state index contributed by atoms with van der Waals surface area (Å²) in [7, 11) is 0. The average molecular weight is 282 g/mol. The highest BCUT2D eigenvalue weighted by Gasteiger charge is 2.24. The third kappa shape index (κ3) is 6.25. The van der Waals surface area contributed by atoms with Crippen LogP contribution >= 0.6 is 0 Å². The van der Waals surface area contributed by atoms with Crippen molar-refractivity contribution in [3.8, 4) is 0 Å². The zero-order valence-electron chi connectivity index (χ0n) is 14.1. The van der Waals surface area contributed by atoms with Gasteiger partial charge in [-0.2, -0.15) is 0 Å². The Morgan fingerprint density at radius 1 is 1.25 bits per heavy atom. The van der Waals surface area contributed by atoms with Crippen molar-refractivity contribution in [3.63, 3.8) is 0 Å². The first-order valence-electron chi connectivity index (χ1n) is 8.22. The number of carbonyl (C=O) groups excluding carboxylic acids is 1. The van der Waals surface area contributed by atoms with Gasteiger partial charge in [0.1, 0.15) is 0 Å². The SMILES string of the molecule is CC(C)C1CCCN(C(=O)CC(N)CC(C)(C)C)CC1. The van der Waals surface area contributed by atoms with Gasteiger partial charge in [-0.1, -0.05) is 34.6 Å². The van der Waals surface area contributed by atoms with Gasteiger partial charge in [-0.05, 0) is 42.9 Å². The average Bonchev–Trinajstić information content (AvgIpc) is 2.51. The predicted molar refractivity (Wildman–Crippen MR) is 85.4 cm³/mol. The first-order valence-corrected chi connectivity index (χ1v) is 8.22. The van der Waals surface area contributed by atoms with E-state index in [1.165, 1.54) is 6.42 Å². The molecular weight excluding hydrogens is 248 g/mol. The van der Waals surface area contributed by atoms with Crippen molar-refractivity contribution in [2.75, 3.05) is 13.1 Å². The van der Waals surface area contributed by atoms with Gasteiger partial charge in [0.2, 0.25) is 5.91 Å². The van der Waals surface area contributed by atoms with Gasteiger partial charge < -0.3 is 10.6 Å². The summed E-state index contributed by atoms with van der Waals surface area (Å²) in [4.78, 5) is 14.4. The number of nitrogens with zero attached hydrogens (tertiary/aromatic N) is 1. The van der Waals surface area contributed by atoms with Gasteiger partial charge in [0.15, 0.2) is 0 Å². The molecule has 1 heterocycles. The number of hydrogen-bond donors (Lipinski definition) is 1. The molecular formula is C17H34N2O. The van der Waals surface area contributed by atoms with Gasteiger partial charge >= 0.3 is 0 Å². The highest BCUT2D eigenvalue weighted by molar-refractivity contribution is 5.76. The molecule has 1 aliphatic rings. The van der Waals surface area contributed by atoms with Crippen LogP contribution in [-0.4, -0.2) is 29.9 Å². The number of likely N-dealkylation sites (tertiary alicyclic amines) is 1. The highest BCUT2D eigenvalue weighted by atomic mass is 16.2. The Kier molecular flexibility index (Phi) is 6.50. The van der Waals surface area contributed by atoms with Crippen molar-refractivity contribution >= 4 is 5.91 Å². The Morgan fingerprint density at radius 2 is 1.90 bits per heavy atom. The van der Waals surface area contributed by atoms with Crippen LogP contribution in [0.1, 0.15) is 66.7 Å². The second-order valence-electron chi connectivity index (χ2n) is 8.04. The Hall–Kier alpha value is -0.570. The van der Waals surface area contributed by atoms with E-state index in [0.29, 0.717) is 6.42 Å². The summed E-state index contributed by atoms with van der Waals surface area (Å²) in [5.41, 5.74) is 6.33. The summed E-state index contributed by atoms with van der Waals surface area (Å²) in [5, 5.41) is 0. The fourth-order valence-corrected chi connectivity index (χ4v) is 3.25. The fraction of sp³-hybridized carbons (Fsp3) is 0.941. The molecule has 2 N–H and O–H groups in total. The number of rotatable bonds is 4. The van der Waals surface area contributed by atoms with E-state index >= 15 is 0 Å². The molecule has 0 aromatic rings. The molecule has 3 nitrogen and oxygen atoms in total. The molecule has 2 unspecified atom stereocenters. The second-order valence-corrected chi connectivity index (χ2v) is 8.04. The van der Waals surface area contributed by atoms with Crippen LogP contribution in [0, 0.1) is 17.3 Å². The molecule has 20 heavy (non-hydrogen) atoms. The van der Waals surface area contributed by atoms with E-state index in [1.807, 2.05) is 4.90 Å². The smallest absolute Gasteiger partial charge is 0.224 e. The maximum Gasteiger partial charge on any atom is 0.224 e. The van der Waals surface area contributed by atoms with Crippen molar-refractivity contribution in [2.45, 2.75) is 72.8 Å². The maximum atomic E-state index is 12.4. The standard InChI is InChI=1S/C17H34N2O/c1-13(2)14-7-6-9-19(10-8-14)16(20)11-15(18)12-17(3,4)5/h13-15H,6-12,18H2,1-5H3. The molecule has 0 radical (unpaired) electrons. The lowest BCUT2D eigenvalue weighted by molar-refractivity contribution is -0.131. The largest absolute Gasteiger partial charge is 0.343 e. The summed E-state index contributed by atoms with van der Waals surface area (Å²) < 4.78 is 0. The lowest BCUT2D eigenvalue weighted by atomic mass is 9.87. The zero-order chi connectivity index (χ0) is 15.3. The molecule has 0 aromatic carbocycles. The third-order valence-electron chi connectivity index (χ3n) is 4.38. The summed E-state index contributed by atoms with van der Waals surface area (Å²) in [6.07, 6.45) is 4.96. The van der Waals surface area contributed by atoms with Crippen molar-refractivity contribution < 1.29 is 4.79 Å².